The molecule has 0 aliphatic rings. The zero-order valence-electron chi connectivity index (χ0n) is 14.1. The molecule has 0 heterocycles. The van der Waals surface area contributed by atoms with Crippen LogP contribution in [-0.4, -0.2) is 13.9 Å². The van der Waals surface area contributed by atoms with E-state index in [4.69, 9.17) is 4.43 Å². The van der Waals surface area contributed by atoms with Crippen LogP contribution in [0, 0.1) is 11.8 Å². The zero-order chi connectivity index (χ0) is 16.2. The van der Waals surface area contributed by atoms with E-state index < -0.39 is 13.9 Å². The van der Waals surface area contributed by atoms with Crippen molar-refractivity contribution in [1.29, 1.82) is 0 Å². The van der Waals surface area contributed by atoms with Gasteiger partial charge in [0.15, 0.2) is 8.32 Å². The van der Waals surface area contributed by atoms with Crippen molar-refractivity contribution < 1.29 is 4.43 Å². The van der Waals surface area contributed by atoms with Crippen LogP contribution in [0.3, 0.4) is 0 Å². The lowest BCUT2D eigenvalue weighted by Crippen LogP contribution is -2.37. The molecule has 0 N–H and O–H groups in total. The van der Waals surface area contributed by atoms with Crippen molar-refractivity contribution >= 4 is 8.32 Å². The average molecular weight is 308 g/mol. The lowest BCUT2D eigenvalue weighted by atomic mass is 10.0. The smallest absolute Gasteiger partial charge is 0.185 e. The number of rotatable bonds is 3. The molecule has 0 unspecified atom stereocenters. The molecule has 0 aromatic heterocycles. The Labute approximate surface area is 135 Å². The van der Waals surface area contributed by atoms with Gasteiger partial charge in [-0.2, -0.15) is 0 Å². The Morgan fingerprint density at radius 2 is 1.36 bits per heavy atom. The Kier molecular flexibility index (Phi) is 4.90. The highest BCUT2D eigenvalue weighted by Crippen LogP contribution is 2.20. The minimum Gasteiger partial charge on any atom is -0.402 e. The summed E-state index contributed by atoms with van der Waals surface area (Å²) in [4.78, 5) is 0. The van der Waals surface area contributed by atoms with Crippen molar-refractivity contribution in [3.8, 4) is 23.0 Å². The van der Waals surface area contributed by atoms with Crippen LogP contribution < -0.4 is 0 Å². The number of hydrogen-bond donors (Lipinski definition) is 0. The van der Waals surface area contributed by atoms with Crippen molar-refractivity contribution in [2.45, 2.75) is 39.1 Å². The largest absolute Gasteiger partial charge is 0.402 e. The molecule has 22 heavy (non-hydrogen) atoms. The van der Waals surface area contributed by atoms with E-state index in [0.29, 0.717) is 0 Å². The predicted molar refractivity (Wildman–Crippen MR) is 97.3 cm³/mol. The molecule has 0 atom stereocenters. The Bertz CT molecular complexity index is 668. The summed E-state index contributed by atoms with van der Waals surface area (Å²) in [5.74, 6) is 6.49. The first-order valence-corrected chi connectivity index (χ1v) is 11.0. The first-order chi connectivity index (χ1) is 10.3. The molecule has 0 amide bonds. The molecule has 2 rings (SSSR count). The maximum atomic E-state index is 6.11. The average Bonchev–Trinajstić information content (AvgIpc) is 2.44. The summed E-state index contributed by atoms with van der Waals surface area (Å²) >= 11 is 0. The molecule has 2 heteroatoms. The molecule has 0 spiro atoms. The minimum absolute atomic E-state index is 0.400. The van der Waals surface area contributed by atoms with Crippen LogP contribution in [0.5, 0.6) is 0 Å². The third-order valence-corrected chi connectivity index (χ3v) is 4.18. The van der Waals surface area contributed by atoms with Crippen LogP contribution in [0.2, 0.25) is 19.6 Å². The van der Waals surface area contributed by atoms with E-state index in [1.54, 1.807) is 0 Å². The Morgan fingerprint density at radius 1 is 0.818 bits per heavy atom. The molecule has 2 aromatic rings. The highest BCUT2D eigenvalue weighted by Gasteiger charge is 2.25. The van der Waals surface area contributed by atoms with Gasteiger partial charge in [-0.25, -0.2) is 0 Å². The van der Waals surface area contributed by atoms with Gasteiger partial charge in [-0.3, -0.25) is 0 Å². The summed E-state index contributed by atoms with van der Waals surface area (Å²) in [6.45, 7) is 10.6. The molecule has 0 aliphatic heterocycles. The Balaban J connectivity index is 2.14. The molecule has 0 saturated heterocycles. The molecule has 114 valence electrons. The first-order valence-electron chi connectivity index (χ1n) is 7.64. The second kappa shape index (κ2) is 6.52. The highest BCUT2D eigenvalue weighted by molar-refractivity contribution is 6.69. The van der Waals surface area contributed by atoms with Gasteiger partial charge in [-0.05, 0) is 56.7 Å². The summed E-state index contributed by atoms with van der Waals surface area (Å²) in [6.07, 6.45) is 0. The van der Waals surface area contributed by atoms with Crippen LogP contribution in [0.1, 0.15) is 19.4 Å². The predicted octanol–water partition coefficient (Wildman–Crippen LogP) is 5.34. The van der Waals surface area contributed by atoms with Gasteiger partial charge >= 0.3 is 0 Å². The first kappa shape index (κ1) is 16.5. The van der Waals surface area contributed by atoms with Crippen molar-refractivity contribution in [2.75, 3.05) is 0 Å². The fourth-order valence-electron chi connectivity index (χ4n) is 2.39. The normalized spacial score (nSPS) is 11.7. The van der Waals surface area contributed by atoms with Gasteiger partial charge in [-0.15, -0.1) is 0 Å². The molecule has 2 aromatic carbocycles. The van der Waals surface area contributed by atoms with E-state index >= 15 is 0 Å². The molecular formula is C20H24OSi. The van der Waals surface area contributed by atoms with Crippen LogP contribution in [0.4, 0.5) is 0 Å². The van der Waals surface area contributed by atoms with Crippen molar-refractivity contribution in [1.82, 2.24) is 0 Å². The Hall–Kier alpha value is -1.82. The van der Waals surface area contributed by atoms with Crippen molar-refractivity contribution in [3.05, 3.63) is 60.2 Å². The van der Waals surface area contributed by atoms with Crippen molar-refractivity contribution in [3.63, 3.8) is 0 Å². The molecule has 0 fully saturated rings. The van der Waals surface area contributed by atoms with Gasteiger partial charge in [0.2, 0.25) is 0 Å². The highest BCUT2D eigenvalue weighted by atomic mass is 28.4. The van der Waals surface area contributed by atoms with Crippen LogP contribution in [-0.2, 0) is 4.43 Å². The quantitative estimate of drug-likeness (QED) is 0.549. The maximum absolute atomic E-state index is 6.11. The zero-order valence-corrected chi connectivity index (χ0v) is 15.1. The molecule has 0 saturated carbocycles. The lowest BCUT2D eigenvalue weighted by molar-refractivity contribution is 0.164. The van der Waals surface area contributed by atoms with E-state index in [2.05, 4.69) is 80.0 Å². The summed E-state index contributed by atoms with van der Waals surface area (Å²) in [5, 5.41) is 0. The third kappa shape index (κ3) is 5.18. The summed E-state index contributed by atoms with van der Waals surface area (Å²) in [5.41, 5.74) is 3.06. The van der Waals surface area contributed by atoms with Gasteiger partial charge in [0.1, 0.15) is 5.60 Å². The molecular weight excluding hydrogens is 284 g/mol. The summed E-state index contributed by atoms with van der Waals surface area (Å²) < 4.78 is 6.11. The molecule has 0 aliphatic carbocycles. The molecule has 1 nitrogen and oxygen atoms in total. The second-order valence-electron chi connectivity index (χ2n) is 6.92. The fourth-order valence-corrected chi connectivity index (χ4v) is 3.97. The van der Waals surface area contributed by atoms with E-state index in [9.17, 15) is 0 Å². The molecule has 0 radical (unpaired) electrons. The van der Waals surface area contributed by atoms with Crippen LogP contribution >= 0.6 is 0 Å². The number of hydrogen-bond acceptors (Lipinski definition) is 1. The lowest BCUT2D eigenvalue weighted by Gasteiger charge is -2.28. The van der Waals surface area contributed by atoms with Gasteiger partial charge < -0.3 is 4.43 Å². The minimum atomic E-state index is -1.59. The van der Waals surface area contributed by atoms with Gasteiger partial charge in [0.05, 0.1) is 0 Å². The number of benzene rings is 2. The van der Waals surface area contributed by atoms with E-state index in [0.717, 1.165) is 5.56 Å². The van der Waals surface area contributed by atoms with E-state index in [1.807, 2.05) is 19.9 Å². The third-order valence-electron chi connectivity index (χ3n) is 3.06. The van der Waals surface area contributed by atoms with Crippen LogP contribution in [0.15, 0.2) is 54.6 Å². The van der Waals surface area contributed by atoms with Crippen LogP contribution in [0.25, 0.3) is 11.1 Å². The maximum Gasteiger partial charge on any atom is 0.185 e. The van der Waals surface area contributed by atoms with Gasteiger partial charge in [0, 0.05) is 5.56 Å². The van der Waals surface area contributed by atoms with E-state index in [-0.39, 0.29) is 0 Å². The molecule has 0 bridgehead atoms. The fraction of sp³-hybridized carbons (Fsp3) is 0.300. The monoisotopic (exact) mass is 308 g/mol. The Morgan fingerprint density at radius 3 is 1.91 bits per heavy atom. The van der Waals surface area contributed by atoms with Gasteiger partial charge in [0.25, 0.3) is 0 Å². The van der Waals surface area contributed by atoms with E-state index in [1.165, 1.54) is 11.1 Å². The summed E-state index contributed by atoms with van der Waals surface area (Å²) in [7, 11) is -1.59. The topological polar surface area (TPSA) is 9.23 Å². The SMILES string of the molecule is CC(C)(C#Cc1ccc(-c2ccccc2)cc1)O[Si](C)(C)C. The second-order valence-corrected chi connectivity index (χ2v) is 11.3. The summed E-state index contributed by atoms with van der Waals surface area (Å²) in [6, 6.07) is 18.7. The van der Waals surface area contributed by atoms with Crippen molar-refractivity contribution in [2.24, 2.45) is 0 Å². The van der Waals surface area contributed by atoms with Gasteiger partial charge in [-0.1, -0.05) is 54.3 Å². The standard InChI is InChI=1S/C20H24OSi/c1-20(2,21-22(3,4)5)16-15-17-11-13-19(14-12-17)18-9-7-6-8-10-18/h6-14H,1-5H3.